The van der Waals surface area contributed by atoms with Crippen molar-refractivity contribution in [2.75, 3.05) is 23.7 Å². The number of anilines is 2. The summed E-state index contributed by atoms with van der Waals surface area (Å²) in [6.07, 6.45) is 3.82. The van der Waals surface area contributed by atoms with Gasteiger partial charge in [0.25, 0.3) is 0 Å². The zero-order valence-corrected chi connectivity index (χ0v) is 12.3. The molecule has 5 nitrogen and oxygen atoms in total. The van der Waals surface area contributed by atoms with Gasteiger partial charge in [0.1, 0.15) is 0 Å². The van der Waals surface area contributed by atoms with Crippen LogP contribution in [-0.2, 0) is 0 Å². The van der Waals surface area contributed by atoms with E-state index in [4.69, 9.17) is 11.5 Å². The van der Waals surface area contributed by atoms with Crippen molar-refractivity contribution in [1.29, 1.82) is 0 Å². The van der Waals surface area contributed by atoms with Crippen LogP contribution in [0.3, 0.4) is 0 Å². The molecule has 1 saturated heterocycles. The van der Waals surface area contributed by atoms with Crippen LogP contribution in [0.15, 0.2) is 30.5 Å². The highest BCUT2D eigenvalue weighted by Crippen LogP contribution is 2.30. The first-order valence-electron chi connectivity index (χ1n) is 7.33. The number of hydrogen-bond acceptors (Lipinski definition) is 5. The Morgan fingerprint density at radius 2 is 1.81 bits per heavy atom. The maximum Gasteiger partial charge on any atom is 0.220 e. The smallest absolute Gasteiger partial charge is 0.220 e. The third-order valence-corrected chi connectivity index (χ3v) is 3.99. The molecule has 2 aromatic rings. The van der Waals surface area contributed by atoms with Crippen molar-refractivity contribution in [3.05, 3.63) is 36.0 Å². The normalized spacial score (nSPS) is 16.2. The monoisotopic (exact) mass is 283 g/mol. The van der Waals surface area contributed by atoms with Crippen LogP contribution in [-0.4, -0.2) is 29.1 Å². The number of rotatable bonds is 2. The standard InChI is InChI=1S/C16H21N5/c1-11-2-4-12(5-3-11)15-14(10-19-16(18)20-15)21-8-6-13(17)7-9-21/h2-5,10,13H,6-9,17H2,1H3,(H2,18,19,20). The van der Waals surface area contributed by atoms with Gasteiger partial charge in [-0.05, 0) is 19.8 Å². The minimum absolute atomic E-state index is 0.304. The van der Waals surface area contributed by atoms with Crippen LogP contribution in [0, 0.1) is 6.92 Å². The van der Waals surface area contributed by atoms with E-state index in [1.54, 1.807) is 0 Å². The average molecular weight is 283 g/mol. The second-order valence-electron chi connectivity index (χ2n) is 5.65. The van der Waals surface area contributed by atoms with Gasteiger partial charge in [-0.2, -0.15) is 0 Å². The van der Waals surface area contributed by atoms with Gasteiger partial charge in [0.05, 0.1) is 17.6 Å². The van der Waals surface area contributed by atoms with E-state index in [0.29, 0.717) is 12.0 Å². The number of hydrogen-bond donors (Lipinski definition) is 2. The first kappa shape index (κ1) is 13.8. The zero-order valence-electron chi connectivity index (χ0n) is 12.3. The molecule has 0 amide bonds. The Bertz CT molecular complexity index is 615. The first-order chi connectivity index (χ1) is 10.1. The Morgan fingerprint density at radius 3 is 2.48 bits per heavy atom. The summed E-state index contributed by atoms with van der Waals surface area (Å²) in [5.41, 5.74) is 16.0. The van der Waals surface area contributed by atoms with Crippen LogP contribution >= 0.6 is 0 Å². The number of nitrogens with two attached hydrogens (primary N) is 2. The molecule has 1 aliphatic heterocycles. The number of nitrogens with zero attached hydrogens (tertiary/aromatic N) is 3. The molecule has 4 N–H and O–H groups in total. The van der Waals surface area contributed by atoms with Gasteiger partial charge in [-0.1, -0.05) is 29.8 Å². The van der Waals surface area contributed by atoms with Crippen molar-refractivity contribution in [2.24, 2.45) is 5.73 Å². The van der Waals surface area contributed by atoms with E-state index in [0.717, 1.165) is 42.9 Å². The Balaban J connectivity index is 1.99. The summed E-state index contributed by atoms with van der Waals surface area (Å²) in [6.45, 7) is 3.95. The fourth-order valence-corrected chi connectivity index (χ4v) is 2.68. The molecule has 1 aromatic heterocycles. The fraction of sp³-hybridized carbons (Fsp3) is 0.375. The van der Waals surface area contributed by atoms with E-state index in [9.17, 15) is 0 Å². The van der Waals surface area contributed by atoms with Crippen LogP contribution in [0.4, 0.5) is 11.6 Å². The molecule has 2 heterocycles. The van der Waals surface area contributed by atoms with Gasteiger partial charge in [-0.25, -0.2) is 9.97 Å². The van der Waals surface area contributed by atoms with Gasteiger partial charge < -0.3 is 16.4 Å². The highest BCUT2D eigenvalue weighted by Gasteiger charge is 2.20. The van der Waals surface area contributed by atoms with E-state index >= 15 is 0 Å². The summed E-state index contributed by atoms with van der Waals surface area (Å²) in [6, 6.07) is 8.64. The van der Waals surface area contributed by atoms with Crippen LogP contribution in [0.25, 0.3) is 11.3 Å². The first-order valence-corrected chi connectivity index (χ1v) is 7.33. The highest BCUT2D eigenvalue weighted by molar-refractivity contribution is 5.75. The summed E-state index contributed by atoms with van der Waals surface area (Å²) in [4.78, 5) is 10.9. The molecule has 0 saturated carbocycles. The summed E-state index contributed by atoms with van der Waals surface area (Å²) in [5, 5.41) is 0. The maximum atomic E-state index is 5.99. The third-order valence-electron chi connectivity index (χ3n) is 3.99. The van der Waals surface area contributed by atoms with Crippen molar-refractivity contribution in [3.63, 3.8) is 0 Å². The number of piperidine rings is 1. The Hall–Kier alpha value is -2.14. The average Bonchev–Trinajstić information content (AvgIpc) is 2.49. The van der Waals surface area contributed by atoms with E-state index in [2.05, 4.69) is 46.1 Å². The Morgan fingerprint density at radius 1 is 1.14 bits per heavy atom. The topological polar surface area (TPSA) is 81.1 Å². The Labute approximate surface area is 125 Å². The largest absolute Gasteiger partial charge is 0.368 e. The highest BCUT2D eigenvalue weighted by atomic mass is 15.2. The van der Waals surface area contributed by atoms with Gasteiger partial charge in [-0.15, -0.1) is 0 Å². The van der Waals surface area contributed by atoms with Crippen molar-refractivity contribution < 1.29 is 0 Å². The molecule has 0 aliphatic carbocycles. The Kier molecular flexibility index (Phi) is 3.75. The molecule has 0 unspecified atom stereocenters. The van der Waals surface area contributed by atoms with Gasteiger partial charge in [0, 0.05) is 24.7 Å². The molecular formula is C16H21N5. The molecule has 5 heteroatoms. The lowest BCUT2D eigenvalue weighted by Gasteiger charge is -2.32. The number of aromatic nitrogens is 2. The fourth-order valence-electron chi connectivity index (χ4n) is 2.68. The molecule has 0 spiro atoms. The van der Waals surface area contributed by atoms with E-state index in [-0.39, 0.29) is 0 Å². The SMILES string of the molecule is Cc1ccc(-c2nc(N)ncc2N2CCC(N)CC2)cc1. The van der Waals surface area contributed by atoms with Crippen LogP contribution in [0.1, 0.15) is 18.4 Å². The molecular weight excluding hydrogens is 262 g/mol. The number of nitrogen functional groups attached to an aromatic ring is 1. The summed E-state index contributed by atoms with van der Waals surface area (Å²) >= 11 is 0. The van der Waals surface area contributed by atoms with E-state index in [1.165, 1.54) is 5.56 Å². The molecule has 0 atom stereocenters. The van der Waals surface area contributed by atoms with Crippen LogP contribution in [0.5, 0.6) is 0 Å². The lowest BCUT2D eigenvalue weighted by molar-refractivity contribution is 0.501. The lowest BCUT2D eigenvalue weighted by atomic mass is 10.0. The van der Waals surface area contributed by atoms with Gasteiger partial charge in [-0.3, -0.25) is 0 Å². The summed E-state index contributed by atoms with van der Waals surface area (Å²) in [5.74, 6) is 0.308. The van der Waals surface area contributed by atoms with Gasteiger partial charge >= 0.3 is 0 Å². The second-order valence-corrected chi connectivity index (χ2v) is 5.65. The van der Waals surface area contributed by atoms with Gasteiger partial charge in [0.2, 0.25) is 5.95 Å². The van der Waals surface area contributed by atoms with Crippen LogP contribution < -0.4 is 16.4 Å². The summed E-state index contributed by atoms with van der Waals surface area (Å²) in [7, 11) is 0. The maximum absolute atomic E-state index is 5.99. The van der Waals surface area contributed by atoms with Crippen molar-refractivity contribution >= 4 is 11.6 Å². The second kappa shape index (κ2) is 5.69. The lowest BCUT2D eigenvalue weighted by Crippen LogP contribution is -2.40. The zero-order chi connectivity index (χ0) is 14.8. The minimum atomic E-state index is 0.304. The molecule has 1 aliphatic rings. The molecule has 110 valence electrons. The van der Waals surface area contributed by atoms with Crippen LogP contribution in [0.2, 0.25) is 0 Å². The predicted molar refractivity (Wildman–Crippen MR) is 86.0 cm³/mol. The summed E-state index contributed by atoms with van der Waals surface area (Å²) < 4.78 is 0. The number of benzene rings is 1. The third kappa shape index (κ3) is 2.97. The molecule has 0 bridgehead atoms. The van der Waals surface area contributed by atoms with E-state index < -0.39 is 0 Å². The van der Waals surface area contributed by atoms with Gasteiger partial charge in [0.15, 0.2) is 0 Å². The van der Waals surface area contributed by atoms with Crippen molar-refractivity contribution in [2.45, 2.75) is 25.8 Å². The quantitative estimate of drug-likeness (QED) is 0.880. The minimum Gasteiger partial charge on any atom is -0.368 e. The van der Waals surface area contributed by atoms with Crippen molar-refractivity contribution in [3.8, 4) is 11.3 Å². The molecule has 1 fully saturated rings. The molecule has 0 radical (unpaired) electrons. The molecule has 21 heavy (non-hydrogen) atoms. The van der Waals surface area contributed by atoms with E-state index in [1.807, 2.05) is 6.20 Å². The number of aryl methyl sites for hydroxylation is 1. The predicted octanol–water partition coefficient (Wildman–Crippen LogP) is 1.96. The molecule has 3 rings (SSSR count). The molecule has 1 aromatic carbocycles. The van der Waals surface area contributed by atoms with Crippen molar-refractivity contribution in [1.82, 2.24) is 9.97 Å².